The molecule has 0 amide bonds. The highest BCUT2D eigenvalue weighted by Gasteiger charge is 2.22. The van der Waals surface area contributed by atoms with E-state index in [1.54, 1.807) is 11.3 Å². The fourth-order valence-electron chi connectivity index (χ4n) is 8.56. The summed E-state index contributed by atoms with van der Waals surface area (Å²) in [5.41, 5.74) is 11.6. The first-order chi connectivity index (χ1) is 28.7. The van der Waals surface area contributed by atoms with Crippen molar-refractivity contribution in [3.05, 3.63) is 186 Å². The normalized spacial score (nSPS) is 11.9. The second-order valence-corrected chi connectivity index (χ2v) is 16.5. The molecule has 0 spiro atoms. The van der Waals surface area contributed by atoms with Crippen LogP contribution in [0.4, 0.5) is 0 Å². The molecule has 12 aromatic rings. The first-order valence-electron chi connectivity index (χ1n) is 19.3. The SMILES string of the molecule is Brc1c(-c2cccc3ccccc23)oc2ccc(-c3ccc4c(c3)c3ccccc3n4-c3nc(-c4cccc(-c5ccccc5)c4)c4sc5ccccc5c4n3)cc12. The van der Waals surface area contributed by atoms with Crippen molar-refractivity contribution in [3.63, 3.8) is 0 Å². The number of furan rings is 1. The van der Waals surface area contributed by atoms with E-state index in [2.05, 4.69) is 202 Å². The van der Waals surface area contributed by atoms with Gasteiger partial charge in [0.15, 0.2) is 0 Å². The van der Waals surface area contributed by atoms with Gasteiger partial charge >= 0.3 is 0 Å². The largest absolute Gasteiger partial charge is 0.455 e. The Balaban J connectivity index is 1.03. The molecule has 8 aromatic carbocycles. The molecular weight excluding hydrogens is 795 g/mol. The molecule has 0 atom stereocenters. The maximum absolute atomic E-state index is 6.52. The number of para-hydroxylation sites is 1. The van der Waals surface area contributed by atoms with Crippen molar-refractivity contribution in [1.82, 2.24) is 14.5 Å². The molecule has 0 aliphatic carbocycles. The van der Waals surface area contributed by atoms with Crippen molar-refractivity contribution in [2.24, 2.45) is 0 Å². The Morgan fingerprint density at radius 2 is 1.14 bits per heavy atom. The second-order valence-electron chi connectivity index (χ2n) is 14.7. The minimum Gasteiger partial charge on any atom is -0.455 e. The van der Waals surface area contributed by atoms with E-state index in [1.165, 1.54) is 15.6 Å². The van der Waals surface area contributed by atoms with Crippen molar-refractivity contribution in [2.75, 3.05) is 0 Å². The molecule has 0 saturated heterocycles. The summed E-state index contributed by atoms with van der Waals surface area (Å²) in [7, 11) is 0. The van der Waals surface area contributed by atoms with Crippen LogP contribution in [0.2, 0.25) is 0 Å². The molecule has 58 heavy (non-hydrogen) atoms. The minimum absolute atomic E-state index is 0.653. The standard InChI is InChI=1S/C52H30BrN3OS/c53-47-42-30-35(25-27-45(42)57-50(47)39-21-11-15-32-14-4-5-18-37(32)39)34-24-26-44-41(29-34)38-19-6-8-22-43(38)56(44)52-54-48(51-49(55-52)40-20-7-9-23-46(40)58-51)36-17-10-16-33(28-36)31-12-2-1-3-13-31/h1-30H. The molecule has 4 aromatic heterocycles. The maximum atomic E-state index is 6.52. The zero-order valence-electron chi connectivity index (χ0n) is 30.9. The molecular formula is C52H30BrN3OS. The summed E-state index contributed by atoms with van der Waals surface area (Å²) in [5.74, 6) is 1.49. The van der Waals surface area contributed by atoms with Crippen LogP contribution in [0.3, 0.4) is 0 Å². The van der Waals surface area contributed by atoms with E-state index in [0.29, 0.717) is 5.95 Å². The number of fused-ring (bicyclic) bond motifs is 8. The van der Waals surface area contributed by atoms with Gasteiger partial charge in [-0.25, -0.2) is 9.97 Å². The van der Waals surface area contributed by atoms with Gasteiger partial charge in [-0.3, -0.25) is 4.57 Å². The Bertz CT molecular complexity index is 3590. The predicted octanol–water partition coefficient (Wildman–Crippen LogP) is 15.3. The molecule has 4 nitrogen and oxygen atoms in total. The molecule has 0 aliphatic rings. The zero-order valence-corrected chi connectivity index (χ0v) is 33.3. The fraction of sp³-hybridized carbons (Fsp3) is 0. The van der Waals surface area contributed by atoms with Gasteiger partial charge in [0.2, 0.25) is 5.95 Å². The lowest BCUT2D eigenvalue weighted by Crippen LogP contribution is -2.02. The summed E-state index contributed by atoms with van der Waals surface area (Å²) in [5, 5.41) is 6.81. The van der Waals surface area contributed by atoms with Crippen LogP contribution < -0.4 is 0 Å². The molecule has 0 aliphatic heterocycles. The van der Waals surface area contributed by atoms with Crippen LogP contribution in [0.5, 0.6) is 0 Å². The van der Waals surface area contributed by atoms with E-state index in [1.807, 2.05) is 0 Å². The minimum atomic E-state index is 0.653. The van der Waals surface area contributed by atoms with Gasteiger partial charge in [0, 0.05) is 37.4 Å². The summed E-state index contributed by atoms with van der Waals surface area (Å²) in [6, 6.07) is 64.4. The van der Waals surface area contributed by atoms with E-state index in [0.717, 1.165) is 97.5 Å². The highest BCUT2D eigenvalue weighted by Crippen LogP contribution is 2.44. The lowest BCUT2D eigenvalue weighted by Gasteiger charge is -2.11. The van der Waals surface area contributed by atoms with Gasteiger partial charge in [0.25, 0.3) is 0 Å². The van der Waals surface area contributed by atoms with Crippen LogP contribution >= 0.6 is 27.3 Å². The highest BCUT2D eigenvalue weighted by atomic mass is 79.9. The van der Waals surface area contributed by atoms with Crippen molar-refractivity contribution >= 4 is 91.1 Å². The highest BCUT2D eigenvalue weighted by molar-refractivity contribution is 9.10. The van der Waals surface area contributed by atoms with Gasteiger partial charge in [0.05, 0.1) is 31.4 Å². The van der Waals surface area contributed by atoms with E-state index >= 15 is 0 Å². The van der Waals surface area contributed by atoms with E-state index in [-0.39, 0.29) is 0 Å². The van der Waals surface area contributed by atoms with Gasteiger partial charge in [-0.05, 0) is 91.4 Å². The van der Waals surface area contributed by atoms with Crippen LogP contribution in [0, 0.1) is 0 Å². The number of aromatic nitrogens is 3. The van der Waals surface area contributed by atoms with Crippen LogP contribution in [0.15, 0.2) is 191 Å². The zero-order chi connectivity index (χ0) is 38.3. The number of nitrogens with zero attached hydrogens (tertiary/aromatic N) is 3. The van der Waals surface area contributed by atoms with E-state index in [4.69, 9.17) is 14.4 Å². The Kier molecular flexibility index (Phi) is 7.52. The molecule has 12 rings (SSSR count). The lowest BCUT2D eigenvalue weighted by molar-refractivity contribution is 0.630. The van der Waals surface area contributed by atoms with Crippen molar-refractivity contribution < 1.29 is 4.42 Å². The van der Waals surface area contributed by atoms with Crippen molar-refractivity contribution in [2.45, 2.75) is 0 Å². The molecule has 0 radical (unpaired) electrons. The van der Waals surface area contributed by atoms with Crippen LogP contribution in [-0.2, 0) is 0 Å². The van der Waals surface area contributed by atoms with Gasteiger partial charge in [0.1, 0.15) is 11.3 Å². The molecule has 272 valence electrons. The topological polar surface area (TPSA) is 43.9 Å². The summed E-state index contributed by atoms with van der Waals surface area (Å²) in [6.07, 6.45) is 0. The van der Waals surface area contributed by atoms with Gasteiger partial charge in [-0.2, -0.15) is 0 Å². The predicted molar refractivity (Wildman–Crippen MR) is 246 cm³/mol. The second kappa shape index (κ2) is 13.1. The van der Waals surface area contributed by atoms with Crippen molar-refractivity contribution in [1.29, 1.82) is 0 Å². The average Bonchev–Trinajstić information content (AvgIpc) is 3.94. The molecule has 0 N–H and O–H groups in total. The summed E-state index contributed by atoms with van der Waals surface area (Å²) >= 11 is 5.70. The van der Waals surface area contributed by atoms with Gasteiger partial charge < -0.3 is 4.42 Å². The quantitative estimate of drug-likeness (QED) is 0.174. The van der Waals surface area contributed by atoms with E-state index < -0.39 is 0 Å². The smallest absolute Gasteiger partial charge is 0.235 e. The molecule has 0 bridgehead atoms. The van der Waals surface area contributed by atoms with Crippen LogP contribution in [0.1, 0.15) is 0 Å². The third-order valence-corrected chi connectivity index (χ3v) is 13.3. The average molecular weight is 825 g/mol. The van der Waals surface area contributed by atoms with Crippen LogP contribution in [-0.4, -0.2) is 14.5 Å². The molecule has 6 heteroatoms. The van der Waals surface area contributed by atoms with Gasteiger partial charge in [-0.15, -0.1) is 11.3 Å². The monoisotopic (exact) mass is 823 g/mol. The first-order valence-corrected chi connectivity index (χ1v) is 20.9. The third kappa shape index (κ3) is 5.19. The molecule has 0 unspecified atom stereocenters. The number of rotatable bonds is 5. The third-order valence-electron chi connectivity index (χ3n) is 11.3. The Hall–Kier alpha value is -6.86. The number of benzene rings is 8. The fourth-order valence-corrected chi connectivity index (χ4v) is 10.3. The van der Waals surface area contributed by atoms with Gasteiger partial charge in [-0.1, -0.05) is 140 Å². The summed E-state index contributed by atoms with van der Waals surface area (Å²) < 4.78 is 12.0. The lowest BCUT2D eigenvalue weighted by atomic mass is 10.0. The van der Waals surface area contributed by atoms with Crippen LogP contribution in [0.25, 0.3) is 115 Å². The number of halogens is 1. The first kappa shape index (κ1) is 33.3. The Labute approximate surface area is 345 Å². The summed E-state index contributed by atoms with van der Waals surface area (Å²) in [6.45, 7) is 0. The molecule has 4 heterocycles. The maximum Gasteiger partial charge on any atom is 0.235 e. The molecule has 0 fully saturated rings. The molecule has 0 saturated carbocycles. The van der Waals surface area contributed by atoms with Crippen molar-refractivity contribution in [3.8, 4) is 50.8 Å². The number of hydrogen-bond acceptors (Lipinski definition) is 4. The Morgan fingerprint density at radius 3 is 2.03 bits per heavy atom. The number of hydrogen-bond donors (Lipinski definition) is 0. The van der Waals surface area contributed by atoms with E-state index in [9.17, 15) is 0 Å². The summed E-state index contributed by atoms with van der Waals surface area (Å²) in [4.78, 5) is 10.9. The Morgan fingerprint density at radius 1 is 0.483 bits per heavy atom. The number of thiophene rings is 1.